The van der Waals surface area contributed by atoms with Gasteiger partial charge in [0.15, 0.2) is 22.6 Å². The van der Waals surface area contributed by atoms with Crippen molar-refractivity contribution in [2.24, 2.45) is 0 Å². The van der Waals surface area contributed by atoms with E-state index in [1.165, 1.54) is 4.57 Å². The van der Waals surface area contributed by atoms with Crippen LogP contribution in [0.2, 0.25) is 0 Å². The Balaban J connectivity index is 1.52. The zero-order valence-corrected chi connectivity index (χ0v) is 18.7. The summed E-state index contributed by atoms with van der Waals surface area (Å²) >= 11 is 1.01. The molecule has 174 valence electrons. The monoisotopic (exact) mass is 483 g/mol. The third kappa shape index (κ3) is 5.31. The largest absolute Gasteiger partial charge is 0.323 e. The normalized spacial score (nSPS) is 11.0. The molecule has 0 spiro atoms. The number of aryl methyl sites for hydroxylation is 1. The number of rotatable bonds is 8. The Morgan fingerprint density at radius 1 is 0.941 bits per heavy atom. The summed E-state index contributed by atoms with van der Waals surface area (Å²) in [5.41, 5.74) is 0.970. The second kappa shape index (κ2) is 10.6. The molecule has 0 atom stereocenters. The van der Waals surface area contributed by atoms with Crippen LogP contribution in [-0.4, -0.2) is 21.2 Å². The van der Waals surface area contributed by atoms with Crippen LogP contribution in [0.15, 0.2) is 76.7 Å². The van der Waals surface area contributed by atoms with Crippen LogP contribution >= 0.6 is 11.8 Å². The Hall–Kier alpha value is -3.59. The lowest BCUT2D eigenvalue weighted by atomic mass is 10.1. The fraction of sp³-hybridized carbons (Fsp3) is 0.160. The van der Waals surface area contributed by atoms with E-state index in [1.807, 2.05) is 30.3 Å². The number of carbonyl (C=O) groups is 1. The zero-order valence-electron chi connectivity index (χ0n) is 17.9. The van der Waals surface area contributed by atoms with E-state index in [1.54, 1.807) is 24.3 Å². The number of nitrogens with zero attached hydrogens (tertiary/aromatic N) is 2. The Kier molecular flexibility index (Phi) is 7.32. The first-order valence-corrected chi connectivity index (χ1v) is 11.5. The summed E-state index contributed by atoms with van der Waals surface area (Å²) in [6.07, 6.45) is 1.45. The van der Waals surface area contributed by atoms with Crippen molar-refractivity contribution in [2.75, 3.05) is 11.1 Å². The van der Waals surface area contributed by atoms with Gasteiger partial charge in [-0.3, -0.25) is 14.2 Å². The fourth-order valence-corrected chi connectivity index (χ4v) is 4.31. The van der Waals surface area contributed by atoms with Crippen molar-refractivity contribution in [3.05, 3.63) is 100 Å². The van der Waals surface area contributed by atoms with Crippen molar-refractivity contribution in [1.82, 2.24) is 9.55 Å². The third-order valence-electron chi connectivity index (χ3n) is 5.16. The first kappa shape index (κ1) is 23.6. The minimum atomic E-state index is -1.66. The number of benzene rings is 3. The predicted octanol–water partition coefficient (Wildman–Crippen LogP) is 5.18. The van der Waals surface area contributed by atoms with Crippen molar-refractivity contribution in [1.29, 1.82) is 0 Å². The molecule has 0 unspecified atom stereocenters. The molecule has 1 aromatic heterocycles. The number of anilines is 1. The molecule has 0 bridgehead atoms. The molecule has 0 aliphatic rings. The molecule has 0 aliphatic heterocycles. The Labute approximate surface area is 197 Å². The van der Waals surface area contributed by atoms with Crippen LogP contribution in [0.3, 0.4) is 0 Å². The molecule has 0 aliphatic carbocycles. The standard InChI is InChI=1S/C25H20F3N3O2S/c26-18-12-13-20(23(28)22(18)27)29-21(32)15-34-25-30-19-11-5-4-10-17(19)24(33)31(25)14-6-9-16-7-2-1-3-8-16/h1-5,7-8,10-13H,6,9,14-15H2,(H,29,32). The smallest absolute Gasteiger partial charge is 0.262 e. The van der Waals surface area contributed by atoms with Crippen molar-refractivity contribution in [3.63, 3.8) is 0 Å². The molecule has 5 nitrogen and oxygen atoms in total. The molecule has 0 radical (unpaired) electrons. The average molecular weight is 484 g/mol. The van der Waals surface area contributed by atoms with Crippen LogP contribution in [-0.2, 0) is 17.8 Å². The molecular formula is C25H20F3N3O2S. The predicted molar refractivity (Wildman–Crippen MR) is 126 cm³/mol. The number of halogens is 3. The Morgan fingerprint density at radius 3 is 2.47 bits per heavy atom. The van der Waals surface area contributed by atoms with Crippen molar-refractivity contribution < 1.29 is 18.0 Å². The highest BCUT2D eigenvalue weighted by Crippen LogP contribution is 2.22. The molecule has 0 saturated carbocycles. The van der Waals surface area contributed by atoms with Crippen molar-refractivity contribution in [3.8, 4) is 0 Å². The van der Waals surface area contributed by atoms with Crippen LogP contribution < -0.4 is 10.9 Å². The van der Waals surface area contributed by atoms with Gasteiger partial charge in [-0.1, -0.05) is 54.2 Å². The molecule has 4 aromatic rings. The number of hydrogen-bond donors (Lipinski definition) is 1. The lowest BCUT2D eigenvalue weighted by molar-refractivity contribution is -0.113. The first-order chi connectivity index (χ1) is 16.4. The van der Waals surface area contributed by atoms with Gasteiger partial charge in [0.25, 0.3) is 5.56 Å². The molecule has 34 heavy (non-hydrogen) atoms. The van der Waals surface area contributed by atoms with Crippen LogP contribution in [0, 0.1) is 17.5 Å². The summed E-state index contributed by atoms with van der Waals surface area (Å²) in [6, 6.07) is 18.5. The number of amides is 1. The van der Waals surface area contributed by atoms with Crippen LogP contribution in [0.5, 0.6) is 0 Å². The quantitative estimate of drug-likeness (QED) is 0.213. The van der Waals surface area contributed by atoms with E-state index in [4.69, 9.17) is 0 Å². The van der Waals surface area contributed by atoms with Crippen LogP contribution in [0.4, 0.5) is 18.9 Å². The molecule has 3 aromatic carbocycles. The van der Waals surface area contributed by atoms with Gasteiger partial charge in [0.05, 0.1) is 22.3 Å². The second-order valence-corrected chi connectivity index (χ2v) is 8.46. The van der Waals surface area contributed by atoms with E-state index in [9.17, 15) is 22.8 Å². The second-order valence-electron chi connectivity index (χ2n) is 7.52. The van der Waals surface area contributed by atoms with Gasteiger partial charge < -0.3 is 5.32 Å². The van der Waals surface area contributed by atoms with E-state index < -0.39 is 29.0 Å². The lowest BCUT2D eigenvalue weighted by Crippen LogP contribution is -2.24. The van der Waals surface area contributed by atoms with E-state index in [0.29, 0.717) is 29.0 Å². The van der Waals surface area contributed by atoms with Crippen molar-refractivity contribution >= 4 is 34.3 Å². The maximum Gasteiger partial charge on any atom is 0.262 e. The zero-order chi connectivity index (χ0) is 24.1. The molecule has 9 heteroatoms. The molecule has 1 heterocycles. The highest BCUT2D eigenvalue weighted by Gasteiger charge is 2.17. The average Bonchev–Trinajstić information content (AvgIpc) is 2.85. The highest BCUT2D eigenvalue weighted by molar-refractivity contribution is 7.99. The summed E-state index contributed by atoms with van der Waals surface area (Å²) in [5, 5.41) is 3.04. The SMILES string of the molecule is O=C(CSc1nc2ccccc2c(=O)n1CCCc1ccccc1)Nc1ccc(F)c(F)c1F. The van der Waals surface area contributed by atoms with Gasteiger partial charge in [-0.2, -0.15) is 0 Å². The number of carbonyl (C=O) groups excluding carboxylic acids is 1. The maximum absolute atomic E-state index is 13.9. The number of hydrogen-bond acceptors (Lipinski definition) is 4. The summed E-state index contributed by atoms with van der Waals surface area (Å²) in [7, 11) is 0. The van der Waals surface area contributed by atoms with E-state index in [2.05, 4.69) is 10.3 Å². The summed E-state index contributed by atoms with van der Waals surface area (Å²) in [4.78, 5) is 30.0. The molecular weight excluding hydrogens is 463 g/mol. The van der Waals surface area contributed by atoms with E-state index in [-0.39, 0.29) is 11.3 Å². The van der Waals surface area contributed by atoms with Crippen molar-refractivity contribution in [2.45, 2.75) is 24.5 Å². The fourth-order valence-electron chi connectivity index (χ4n) is 3.48. The minimum Gasteiger partial charge on any atom is -0.323 e. The van der Waals surface area contributed by atoms with Gasteiger partial charge >= 0.3 is 0 Å². The number of para-hydroxylation sites is 1. The maximum atomic E-state index is 13.9. The number of thioether (sulfide) groups is 1. The topological polar surface area (TPSA) is 64.0 Å². The highest BCUT2D eigenvalue weighted by atomic mass is 32.2. The molecule has 0 fully saturated rings. The van der Waals surface area contributed by atoms with E-state index >= 15 is 0 Å². The van der Waals surface area contributed by atoms with Crippen LogP contribution in [0.1, 0.15) is 12.0 Å². The van der Waals surface area contributed by atoms with Gasteiger partial charge in [-0.05, 0) is 42.7 Å². The number of fused-ring (bicyclic) bond motifs is 1. The Bertz CT molecular complexity index is 1390. The van der Waals surface area contributed by atoms with Gasteiger partial charge in [-0.15, -0.1) is 0 Å². The molecule has 1 N–H and O–H groups in total. The van der Waals surface area contributed by atoms with E-state index in [0.717, 1.165) is 35.9 Å². The molecule has 4 rings (SSSR count). The summed E-state index contributed by atoms with van der Waals surface area (Å²) in [5.74, 6) is -5.33. The van der Waals surface area contributed by atoms with Gasteiger partial charge in [-0.25, -0.2) is 18.2 Å². The lowest BCUT2D eigenvalue weighted by Gasteiger charge is -2.13. The minimum absolute atomic E-state index is 0.206. The van der Waals surface area contributed by atoms with Gasteiger partial charge in [0.2, 0.25) is 5.91 Å². The number of aromatic nitrogens is 2. The van der Waals surface area contributed by atoms with Gasteiger partial charge in [0.1, 0.15) is 0 Å². The summed E-state index contributed by atoms with van der Waals surface area (Å²) in [6.45, 7) is 0.396. The summed E-state index contributed by atoms with van der Waals surface area (Å²) < 4.78 is 41.9. The number of nitrogens with one attached hydrogen (secondary N) is 1. The first-order valence-electron chi connectivity index (χ1n) is 10.5. The molecule has 1 amide bonds. The molecule has 0 saturated heterocycles. The van der Waals surface area contributed by atoms with Crippen LogP contribution in [0.25, 0.3) is 10.9 Å². The Morgan fingerprint density at radius 2 is 1.68 bits per heavy atom. The third-order valence-corrected chi connectivity index (χ3v) is 6.13. The van der Waals surface area contributed by atoms with Gasteiger partial charge in [0, 0.05) is 6.54 Å².